The molecule has 24 heavy (non-hydrogen) atoms. The molecule has 1 aromatic carbocycles. The number of carbonyl (C=O) groups is 1. The molecule has 0 unspecified atom stereocenters. The zero-order valence-electron chi connectivity index (χ0n) is 14.7. The average molecular weight is 353 g/mol. The smallest absolute Gasteiger partial charge is 0.243 e. The molecular formula is C17H27N3O3S. The zero-order valence-corrected chi connectivity index (χ0v) is 15.5. The number of sulfonamides is 1. The predicted octanol–water partition coefficient (Wildman–Crippen LogP) is 1.22. The first-order valence-corrected chi connectivity index (χ1v) is 9.83. The quantitative estimate of drug-likeness (QED) is 0.835. The molecule has 1 N–H and O–H groups in total. The lowest BCUT2D eigenvalue weighted by Crippen LogP contribution is -2.47. The van der Waals surface area contributed by atoms with Crippen molar-refractivity contribution in [3.63, 3.8) is 0 Å². The Balaban J connectivity index is 2.08. The number of hydrogen-bond donors (Lipinski definition) is 1. The van der Waals surface area contributed by atoms with Gasteiger partial charge in [-0.05, 0) is 32.9 Å². The molecule has 0 aliphatic carbocycles. The van der Waals surface area contributed by atoms with E-state index < -0.39 is 10.0 Å². The van der Waals surface area contributed by atoms with E-state index in [2.05, 4.69) is 5.32 Å². The summed E-state index contributed by atoms with van der Waals surface area (Å²) in [5.74, 6) is 0.0151. The molecule has 1 aliphatic heterocycles. The standard InChI is InChI=1S/C17H27N3O3S/c1-14(2)20(11-8-17(21)19-12-9-18-10-13-19)24(22,23)16-6-4-15(3)5-7-16/h4-7,14,18H,8-13H2,1-3H3. The van der Waals surface area contributed by atoms with Crippen LogP contribution in [-0.2, 0) is 14.8 Å². The average Bonchev–Trinajstić information content (AvgIpc) is 2.55. The van der Waals surface area contributed by atoms with Crippen molar-refractivity contribution in [2.24, 2.45) is 0 Å². The third kappa shape index (κ3) is 4.55. The van der Waals surface area contributed by atoms with Gasteiger partial charge in [0.1, 0.15) is 0 Å². The highest BCUT2D eigenvalue weighted by molar-refractivity contribution is 7.89. The van der Waals surface area contributed by atoms with Crippen molar-refractivity contribution in [1.82, 2.24) is 14.5 Å². The largest absolute Gasteiger partial charge is 0.340 e. The first-order valence-electron chi connectivity index (χ1n) is 8.39. The second-order valence-corrected chi connectivity index (χ2v) is 8.29. The van der Waals surface area contributed by atoms with Gasteiger partial charge in [0.2, 0.25) is 15.9 Å². The van der Waals surface area contributed by atoms with E-state index in [1.807, 2.05) is 20.8 Å². The van der Waals surface area contributed by atoms with E-state index in [9.17, 15) is 13.2 Å². The Labute approximate surface area is 144 Å². The number of nitrogens with one attached hydrogen (secondary N) is 1. The summed E-state index contributed by atoms with van der Waals surface area (Å²) in [6.07, 6.45) is 0.212. The number of carbonyl (C=O) groups excluding carboxylic acids is 1. The number of benzene rings is 1. The van der Waals surface area contributed by atoms with Crippen LogP contribution in [0.25, 0.3) is 0 Å². The Hall–Kier alpha value is -1.44. The maximum atomic E-state index is 12.9. The van der Waals surface area contributed by atoms with Crippen molar-refractivity contribution in [2.75, 3.05) is 32.7 Å². The fourth-order valence-electron chi connectivity index (χ4n) is 2.78. The van der Waals surface area contributed by atoms with Gasteiger partial charge in [0, 0.05) is 45.2 Å². The normalized spacial score (nSPS) is 16.0. The van der Waals surface area contributed by atoms with Gasteiger partial charge in [-0.3, -0.25) is 4.79 Å². The van der Waals surface area contributed by atoms with E-state index >= 15 is 0 Å². The van der Waals surface area contributed by atoms with E-state index in [1.165, 1.54) is 4.31 Å². The van der Waals surface area contributed by atoms with Crippen LogP contribution in [0.3, 0.4) is 0 Å². The van der Waals surface area contributed by atoms with Crippen LogP contribution >= 0.6 is 0 Å². The van der Waals surface area contributed by atoms with Crippen LogP contribution in [0.4, 0.5) is 0 Å². The monoisotopic (exact) mass is 353 g/mol. The molecule has 1 saturated heterocycles. The number of aryl methyl sites for hydroxylation is 1. The molecule has 2 rings (SSSR count). The number of rotatable bonds is 6. The van der Waals surface area contributed by atoms with Gasteiger partial charge in [0.05, 0.1) is 4.90 Å². The van der Waals surface area contributed by atoms with Crippen LogP contribution in [0.5, 0.6) is 0 Å². The number of hydrogen-bond acceptors (Lipinski definition) is 4. The van der Waals surface area contributed by atoms with Crippen LogP contribution in [0.2, 0.25) is 0 Å². The first-order chi connectivity index (χ1) is 11.3. The highest BCUT2D eigenvalue weighted by atomic mass is 32.2. The number of nitrogens with zero attached hydrogens (tertiary/aromatic N) is 2. The Kier molecular flexibility index (Phi) is 6.37. The van der Waals surface area contributed by atoms with Gasteiger partial charge in [-0.15, -0.1) is 0 Å². The van der Waals surface area contributed by atoms with E-state index in [0.717, 1.165) is 18.7 Å². The third-order valence-corrected chi connectivity index (χ3v) is 6.31. The SMILES string of the molecule is Cc1ccc(S(=O)(=O)N(CCC(=O)N2CCNCC2)C(C)C)cc1. The minimum absolute atomic E-state index is 0.0151. The molecule has 1 heterocycles. The van der Waals surface area contributed by atoms with Crippen molar-refractivity contribution in [1.29, 1.82) is 0 Å². The summed E-state index contributed by atoms with van der Waals surface area (Å²) in [6.45, 7) is 8.75. The van der Waals surface area contributed by atoms with E-state index in [0.29, 0.717) is 13.1 Å². The Bertz CT molecular complexity index is 650. The highest BCUT2D eigenvalue weighted by Gasteiger charge is 2.28. The van der Waals surface area contributed by atoms with Gasteiger partial charge in [0.25, 0.3) is 0 Å². The summed E-state index contributed by atoms with van der Waals surface area (Å²) in [5.41, 5.74) is 1.01. The lowest BCUT2D eigenvalue weighted by atomic mass is 10.2. The van der Waals surface area contributed by atoms with Gasteiger partial charge >= 0.3 is 0 Å². The van der Waals surface area contributed by atoms with E-state index in [1.54, 1.807) is 29.2 Å². The second-order valence-electron chi connectivity index (χ2n) is 6.40. The molecule has 0 atom stereocenters. The van der Waals surface area contributed by atoms with Crippen molar-refractivity contribution < 1.29 is 13.2 Å². The van der Waals surface area contributed by atoms with Crippen LogP contribution in [0.15, 0.2) is 29.2 Å². The molecule has 1 amide bonds. The van der Waals surface area contributed by atoms with Gasteiger partial charge in [-0.2, -0.15) is 4.31 Å². The summed E-state index contributed by atoms with van der Waals surface area (Å²) in [4.78, 5) is 14.4. The molecule has 1 aliphatic rings. The molecule has 0 spiro atoms. The van der Waals surface area contributed by atoms with Crippen LogP contribution in [0.1, 0.15) is 25.8 Å². The Morgan fingerprint density at radius 3 is 2.33 bits per heavy atom. The zero-order chi connectivity index (χ0) is 17.7. The van der Waals surface area contributed by atoms with Crippen LogP contribution in [0, 0.1) is 6.92 Å². The van der Waals surface area contributed by atoms with Crippen LogP contribution in [-0.4, -0.2) is 62.3 Å². The highest BCUT2D eigenvalue weighted by Crippen LogP contribution is 2.19. The minimum atomic E-state index is -3.59. The maximum Gasteiger partial charge on any atom is 0.243 e. The summed E-state index contributed by atoms with van der Waals surface area (Å²) < 4.78 is 27.1. The number of piperazine rings is 1. The fourth-order valence-corrected chi connectivity index (χ4v) is 4.42. The van der Waals surface area contributed by atoms with Gasteiger partial charge in [-0.1, -0.05) is 17.7 Å². The van der Waals surface area contributed by atoms with Gasteiger partial charge in [0.15, 0.2) is 0 Å². The minimum Gasteiger partial charge on any atom is -0.340 e. The molecule has 0 saturated carbocycles. The van der Waals surface area contributed by atoms with Crippen molar-refractivity contribution in [3.05, 3.63) is 29.8 Å². The molecular weight excluding hydrogens is 326 g/mol. The lowest BCUT2D eigenvalue weighted by Gasteiger charge is -2.30. The third-order valence-electron chi connectivity index (χ3n) is 4.22. The number of amides is 1. The molecule has 6 nitrogen and oxygen atoms in total. The first kappa shape index (κ1) is 18.9. The molecule has 7 heteroatoms. The Morgan fingerprint density at radius 1 is 1.21 bits per heavy atom. The molecule has 0 aromatic heterocycles. The summed E-state index contributed by atoms with van der Waals surface area (Å²) in [6, 6.07) is 6.62. The lowest BCUT2D eigenvalue weighted by molar-refractivity contribution is -0.131. The van der Waals surface area contributed by atoms with Crippen molar-refractivity contribution in [3.8, 4) is 0 Å². The summed E-state index contributed by atoms with van der Waals surface area (Å²) in [7, 11) is -3.59. The van der Waals surface area contributed by atoms with Crippen molar-refractivity contribution >= 4 is 15.9 Å². The summed E-state index contributed by atoms with van der Waals surface area (Å²) in [5, 5.41) is 3.20. The van der Waals surface area contributed by atoms with Gasteiger partial charge < -0.3 is 10.2 Å². The van der Waals surface area contributed by atoms with Crippen molar-refractivity contribution in [2.45, 2.75) is 38.1 Å². The van der Waals surface area contributed by atoms with Crippen LogP contribution < -0.4 is 5.32 Å². The van der Waals surface area contributed by atoms with Gasteiger partial charge in [-0.25, -0.2) is 8.42 Å². The second kappa shape index (κ2) is 8.09. The van der Waals surface area contributed by atoms with E-state index in [4.69, 9.17) is 0 Å². The maximum absolute atomic E-state index is 12.9. The topological polar surface area (TPSA) is 69.7 Å². The molecule has 1 aromatic rings. The molecule has 134 valence electrons. The molecule has 1 fully saturated rings. The summed E-state index contributed by atoms with van der Waals surface area (Å²) >= 11 is 0. The molecule has 0 radical (unpaired) electrons. The predicted molar refractivity (Wildman–Crippen MR) is 94.3 cm³/mol. The Morgan fingerprint density at radius 2 is 1.79 bits per heavy atom. The fraction of sp³-hybridized carbons (Fsp3) is 0.588. The van der Waals surface area contributed by atoms with E-state index in [-0.39, 0.29) is 29.8 Å². The molecule has 0 bridgehead atoms.